The highest BCUT2D eigenvalue weighted by molar-refractivity contribution is 7.90. The van der Waals surface area contributed by atoms with Crippen molar-refractivity contribution in [3.63, 3.8) is 0 Å². The SMILES string of the molecule is BC(B)(c1ccccc1)S(=O)(=O)OC1=C(N)O[C@@](B)(c2c(F)cccc2F)C1=O. The summed E-state index contributed by atoms with van der Waals surface area (Å²) in [5, 5.41) is 0. The van der Waals surface area contributed by atoms with E-state index in [0.29, 0.717) is 5.56 Å². The smallest absolute Gasteiger partial charge is 0.304 e. The number of carbonyl (C=O) groups excluding carboxylic acids is 1. The van der Waals surface area contributed by atoms with Gasteiger partial charge < -0.3 is 14.7 Å². The minimum absolute atomic E-state index is 0.411. The molecule has 3 rings (SSSR count). The van der Waals surface area contributed by atoms with Crippen molar-refractivity contribution in [3.8, 4) is 0 Å². The maximum absolute atomic E-state index is 14.2. The van der Waals surface area contributed by atoms with Gasteiger partial charge in [-0.25, -0.2) is 8.78 Å². The Morgan fingerprint density at radius 3 is 2.14 bits per heavy atom. The molecule has 1 aliphatic rings. The van der Waals surface area contributed by atoms with Crippen LogP contribution in [0.25, 0.3) is 0 Å². The standard InChI is InChI=1S/C17H16B3F2NO5S/c18-16(12-10(21)7-4-8-11(12)22)14(24)13(15(23)27-16)28-29(25,26)17(19,20)9-5-2-1-3-6-9/h1-8H,18-20,23H2/t16-/m0/s1. The first-order chi connectivity index (χ1) is 13.4. The average Bonchev–Trinajstić information content (AvgIpc) is 2.85. The molecule has 2 N–H and O–H groups in total. The van der Waals surface area contributed by atoms with Crippen molar-refractivity contribution in [2.24, 2.45) is 5.73 Å². The third-order valence-electron chi connectivity index (χ3n) is 4.90. The largest absolute Gasteiger partial charge is 0.466 e. The molecule has 0 saturated heterocycles. The Bertz CT molecular complexity index is 1100. The first-order valence-corrected chi connectivity index (χ1v) is 10.0. The van der Waals surface area contributed by atoms with E-state index in [9.17, 15) is 22.0 Å². The van der Waals surface area contributed by atoms with Crippen molar-refractivity contribution in [2.45, 2.75) is 10.0 Å². The lowest BCUT2D eigenvalue weighted by atomic mass is 9.65. The van der Waals surface area contributed by atoms with E-state index in [1.54, 1.807) is 30.3 Å². The maximum Gasteiger partial charge on any atom is 0.304 e. The van der Waals surface area contributed by atoms with Gasteiger partial charge in [0.1, 0.15) is 27.3 Å². The van der Waals surface area contributed by atoms with E-state index in [1.807, 2.05) is 0 Å². The molecule has 0 bridgehead atoms. The summed E-state index contributed by atoms with van der Waals surface area (Å²) in [6.07, 6.45) is 0. The summed E-state index contributed by atoms with van der Waals surface area (Å²) in [5.41, 5.74) is 3.19. The van der Waals surface area contributed by atoms with Crippen molar-refractivity contribution in [1.29, 1.82) is 0 Å². The fourth-order valence-electron chi connectivity index (χ4n) is 3.04. The number of benzene rings is 2. The molecule has 29 heavy (non-hydrogen) atoms. The minimum Gasteiger partial charge on any atom is -0.466 e. The van der Waals surface area contributed by atoms with E-state index in [4.69, 9.17) is 14.7 Å². The zero-order valence-electron chi connectivity index (χ0n) is 15.9. The third kappa shape index (κ3) is 3.31. The summed E-state index contributed by atoms with van der Waals surface area (Å²) in [6, 6.07) is 11.2. The number of halogens is 2. The summed E-state index contributed by atoms with van der Waals surface area (Å²) in [5.74, 6) is -4.68. The van der Waals surface area contributed by atoms with E-state index in [-0.39, 0.29) is 0 Å². The van der Waals surface area contributed by atoms with Crippen LogP contribution in [0.4, 0.5) is 8.78 Å². The molecule has 0 amide bonds. The van der Waals surface area contributed by atoms with E-state index in [2.05, 4.69) is 0 Å². The number of rotatable bonds is 5. The molecule has 2 aromatic rings. The number of carbonyl (C=O) groups is 1. The number of Topliss-reactive ketones (excluding diaryl/α,β-unsaturated/α-hetero) is 1. The van der Waals surface area contributed by atoms with Crippen LogP contribution >= 0.6 is 0 Å². The van der Waals surface area contributed by atoms with Crippen molar-refractivity contribution < 1.29 is 30.9 Å². The molecule has 1 heterocycles. The van der Waals surface area contributed by atoms with E-state index in [0.717, 1.165) is 26.0 Å². The summed E-state index contributed by atoms with van der Waals surface area (Å²) >= 11 is 0. The number of hydrogen-bond acceptors (Lipinski definition) is 6. The molecule has 0 fully saturated rings. The van der Waals surface area contributed by atoms with Crippen LogP contribution in [0.3, 0.4) is 0 Å². The van der Waals surface area contributed by atoms with Crippen LogP contribution < -0.4 is 5.73 Å². The van der Waals surface area contributed by atoms with Gasteiger partial charge in [-0.05, 0) is 17.7 Å². The normalized spacial score (nSPS) is 19.9. The van der Waals surface area contributed by atoms with Crippen LogP contribution in [-0.2, 0) is 33.9 Å². The Labute approximate surface area is 169 Å². The topological polar surface area (TPSA) is 95.7 Å². The van der Waals surface area contributed by atoms with Crippen LogP contribution in [0.2, 0.25) is 0 Å². The second kappa shape index (κ2) is 6.94. The molecular weight excluding hydrogens is 401 g/mol. The van der Waals surface area contributed by atoms with Gasteiger partial charge in [-0.2, -0.15) is 8.42 Å². The summed E-state index contributed by atoms with van der Waals surface area (Å²) in [7, 11) is -0.562. The number of hydrogen-bond donors (Lipinski definition) is 1. The first-order valence-electron chi connectivity index (χ1n) is 8.59. The quantitative estimate of drug-likeness (QED) is 0.491. The minimum atomic E-state index is -4.44. The van der Waals surface area contributed by atoms with Gasteiger partial charge in [0.25, 0.3) is 0 Å². The molecule has 0 radical (unpaired) electrons. The highest BCUT2D eigenvalue weighted by Gasteiger charge is 2.53. The number of nitrogens with two attached hydrogens (primary N) is 1. The van der Waals surface area contributed by atoms with Gasteiger partial charge in [-0.15, -0.1) is 0 Å². The van der Waals surface area contributed by atoms with Crippen LogP contribution in [0.1, 0.15) is 11.1 Å². The molecule has 0 spiro atoms. The van der Waals surface area contributed by atoms with Crippen LogP contribution in [0, 0.1) is 11.6 Å². The van der Waals surface area contributed by atoms with Gasteiger partial charge in [0.05, 0.1) is 10.1 Å². The lowest BCUT2D eigenvalue weighted by molar-refractivity contribution is -0.126. The Kier molecular flexibility index (Phi) is 5.02. The summed E-state index contributed by atoms with van der Waals surface area (Å²) in [6.45, 7) is 0. The first kappa shape index (κ1) is 21.0. The molecular formula is C17H16B3F2NO5S. The monoisotopic (exact) mass is 417 g/mol. The zero-order chi connectivity index (χ0) is 21.6. The third-order valence-corrected chi connectivity index (χ3v) is 6.78. The Balaban J connectivity index is 1.99. The highest BCUT2D eigenvalue weighted by Crippen LogP contribution is 2.39. The van der Waals surface area contributed by atoms with Crippen molar-refractivity contribution in [3.05, 3.63) is 82.9 Å². The Morgan fingerprint density at radius 2 is 1.59 bits per heavy atom. The van der Waals surface area contributed by atoms with Crippen molar-refractivity contribution >= 4 is 39.4 Å². The van der Waals surface area contributed by atoms with Gasteiger partial charge in [0, 0.05) is 0 Å². The van der Waals surface area contributed by atoms with Gasteiger partial charge >= 0.3 is 10.1 Å². The lowest BCUT2D eigenvalue weighted by Gasteiger charge is -2.26. The molecule has 0 aromatic heterocycles. The van der Waals surface area contributed by atoms with Gasteiger partial charge in [-0.3, -0.25) is 4.79 Å². The predicted molar refractivity (Wildman–Crippen MR) is 109 cm³/mol. The number of ketones is 1. The van der Waals surface area contributed by atoms with Crippen LogP contribution in [0.15, 0.2) is 60.2 Å². The molecule has 2 aromatic carbocycles. The summed E-state index contributed by atoms with van der Waals surface area (Å²) in [4.78, 5) is 12.9. The van der Waals surface area contributed by atoms with Gasteiger partial charge in [-0.1, -0.05) is 36.4 Å². The van der Waals surface area contributed by atoms with E-state index < -0.39 is 54.8 Å². The molecule has 12 heteroatoms. The second-order valence-corrected chi connectivity index (χ2v) is 9.26. The highest BCUT2D eigenvalue weighted by atomic mass is 32.2. The average molecular weight is 417 g/mol. The van der Waals surface area contributed by atoms with E-state index >= 15 is 0 Å². The zero-order valence-corrected chi connectivity index (χ0v) is 16.7. The molecule has 148 valence electrons. The predicted octanol–water partition coefficient (Wildman–Crippen LogP) is -1.10. The van der Waals surface area contributed by atoms with Crippen molar-refractivity contribution in [2.75, 3.05) is 0 Å². The molecule has 0 unspecified atom stereocenters. The fourth-order valence-corrected chi connectivity index (χ4v) is 4.05. The number of ether oxygens (including phenoxy) is 1. The van der Waals surface area contributed by atoms with Crippen LogP contribution in [-0.4, -0.2) is 37.7 Å². The molecule has 1 aliphatic heterocycles. The fraction of sp³-hybridized carbons (Fsp3) is 0.118. The second-order valence-electron chi connectivity index (χ2n) is 7.17. The lowest BCUT2D eigenvalue weighted by Crippen LogP contribution is -2.41. The molecule has 6 nitrogen and oxygen atoms in total. The molecule has 0 saturated carbocycles. The van der Waals surface area contributed by atoms with Crippen LogP contribution in [0.5, 0.6) is 0 Å². The Morgan fingerprint density at radius 1 is 1.03 bits per heavy atom. The van der Waals surface area contributed by atoms with Gasteiger partial charge in [0.2, 0.25) is 17.4 Å². The summed E-state index contributed by atoms with van der Waals surface area (Å²) < 4.78 is 63.0. The maximum atomic E-state index is 14.2. The van der Waals surface area contributed by atoms with E-state index in [1.165, 1.54) is 15.7 Å². The molecule has 0 aliphatic carbocycles. The molecule has 1 atom stereocenters. The Hall–Kier alpha value is -2.75. The van der Waals surface area contributed by atoms with Crippen molar-refractivity contribution in [1.82, 2.24) is 0 Å². The van der Waals surface area contributed by atoms with Gasteiger partial charge in [0.15, 0.2) is 13.3 Å².